The summed E-state index contributed by atoms with van der Waals surface area (Å²) in [5.74, 6) is 0.113. The van der Waals surface area contributed by atoms with E-state index in [2.05, 4.69) is 25.8 Å². The third-order valence-electron chi connectivity index (χ3n) is 5.62. The molecule has 0 N–H and O–H groups in total. The average Bonchev–Trinajstić information content (AvgIpc) is 2.91. The van der Waals surface area contributed by atoms with Gasteiger partial charge in [0.1, 0.15) is 0 Å². The number of nitrogens with zero attached hydrogens (tertiary/aromatic N) is 2. The van der Waals surface area contributed by atoms with E-state index >= 15 is 0 Å². The zero-order chi connectivity index (χ0) is 15.9. The van der Waals surface area contributed by atoms with Crippen LogP contribution in [0.25, 0.3) is 0 Å². The Morgan fingerprint density at radius 3 is 2.23 bits per heavy atom. The van der Waals surface area contributed by atoms with Gasteiger partial charge in [0.15, 0.2) is 5.78 Å². The van der Waals surface area contributed by atoms with Crippen molar-refractivity contribution < 1.29 is 4.79 Å². The van der Waals surface area contributed by atoms with Crippen LogP contribution in [0.5, 0.6) is 0 Å². The van der Waals surface area contributed by atoms with Crippen molar-refractivity contribution in [2.24, 2.45) is 5.41 Å². The molecule has 0 radical (unpaired) electrons. The molecule has 1 aliphatic heterocycles. The highest BCUT2D eigenvalue weighted by Crippen LogP contribution is 2.47. The van der Waals surface area contributed by atoms with Gasteiger partial charge in [-0.05, 0) is 67.8 Å². The first-order valence-corrected chi connectivity index (χ1v) is 9.15. The van der Waals surface area contributed by atoms with Gasteiger partial charge in [-0.1, -0.05) is 12.8 Å². The van der Waals surface area contributed by atoms with E-state index in [-0.39, 0.29) is 5.78 Å². The Balaban J connectivity index is 1.93. The quantitative estimate of drug-likeness (QED) is 0.705. The number of piperidine rings is 1. The van der Waals surface area contributed by atoms with E-state index in [0.29, 0.717) is 5.41 Å². The summed E-state index contributed by atoms with van der Waals surface area (Å²) in [6, 6.07) is 0. The number of ketones is 1. The maximum Gasteiger partial charge on any atom is 0.163 e. The van der Waals surface area contributed by atoms with Crippen molar-refractivity contribution in [3.05, 3.63) is 21.4 Å². The molecule has 3 rings (SSSR count). The fourth-order valence-corrected chi connectivity index (χ4v) is 4.89. The lowest BCUT2D eigenvalue weighted by molar-refractivity contribution is 0.101. The summed E-state index contributed by atoms with van der Waals surface area (Å²) in [4.78, 5) is 19.1. The Morgan fingerprint density at radius 1 is 1.09 bits per heavy atom. The number of hydrogen-bond donors (Lipinski definition) is 0. The van der Waals surface area contributed by atoms with Gasteiger partial charge in [-0.2, -0.15) is 0 Å². The zero-order valence-corrected chi connectivity index (χ0v) is 15.4. The summed E-state index contributed by atoms with van der Waals surface area (Å²) < 4.78 is 0.991. The minimum Gasteiger partial charge on any atom is -0.370 e. The van der Waals surface area contributed by atoms with E-state index in [1.54, 1.807) is 6.92 Å². The molecule has 2 aliphatic rings. The number of anilines is 1. The molecular formula is C18H25BrN2O. The maximum absolute atomic E-state index is 12.2. The number of aryl methyl sites for hydroxylation is 2. The van der Waals surface area contributed by atoms with E-state index in [9.17, 15) is 4.79 Å². The molecule has 1 saturated heterocycles. The fourth-order valence-electron chi connectivity index (χ4n) is 4.36. The number of pyridine rings is 1. The molecule has 2 heterocycles. The summed E-state index contributed by atoms with van der Waals surface area (Å²) in [5.41, 5.74) is 4.28. The fraction of sp³-hybridized carbons (Fsp3) is 0.667. The summed E-state index contributed by atoms with van der Waals surface area (Å²) in [6.45, 7) is 7.72. The van der Waals surface area contributed by atoms with E-state index in [1.165, 1.54) is 38.5 Å². The zero-order valence-electron chi connectivity index (χ0n) is 13.8. The highest BCUT2D eigenvalue weighted by molar-refractivity contribution is 9.10. The van der Waals surface area contributed by atoms with E-state index in [4.69, 9.17) is 0 Å². The van der Waals surface area contributed by atoms with Crippen LogP contribution in [0.2, 0.25) is 0 Å². The monoisotopic (exact) mass is 364 g/mol. The highest BCUT2D eigenvalue weighted by Gasteiger charge is 2.38. The van der Waals surface area contributed by atoms with Crippen LogP contribution >= 0.6 is 15.9 Å². The predicted octanol–water partition coefficient (Wildman–Crippen LogP) is 4.82. The van der Waals surface area contributed by atoms with Gasteiger partial charge >= 0.3 is 0 Å². The average molecular weight is 365 g/mol. The molecule has 22 heavy (non-hydrogen) atoms. The molecule has 1 aromatic heterocycles. The van der Waals surface area contributed by atoms with Crippen molar-refractivity contribution in [2.45, 2.75) is 59.3 Å². The van der Waals surface area contributed by atoms with Crippen LogP contribution in [0.4, 0.5) is 5.69 Å². The van der Waals surface area contributed by atoms with Gasteiger partial charge in [0.2, 0.25) is 0 Å². The van der Waals surface area contributed by atoms with Gasteiger partial charge in [0, 0.05) is 13.1 Å². The standard InChI is InChI=1S/C18H25BrN2O/c1-12-15(14(3)22)17(16(19)13(2)20-12)21-10-8-18(9-11-21)6-4-5-7-18/h4-11H2,1-3H3. The van der Waals surface area contributed by atoms with Crippen molar-refractivity contribution >= 4 is 27.4 Å². The van der Waals surface area contributed by atoms with Gasteiger partial charge in [0.05, 0.1) is 27.1 Å². The topological polar surface area (TPSA) is 33.2 Å². The minimum atomic E-state index is 0.113. The van der Waals surface area contributed by atoms with Crippen LogP contribution < -0.4 is 4.90 Å². The summed E-state index contributed by atoms with van der Waals surface area (Å²) >= 11 is 3.69. The van der Waals surface area contributed by atoms with Crippen molar-refractivity contribution in [3.63, 3.8) is 0 Å². The first kappa shape index (κ1) is 16.0. The Labute approximate surface area is 141 Å². The highest BCUT2D eigenvalue weighted by atomic mass is 79.9. The van der Waals surface area contributed by atoms with Crippen molar-refractivity contribution in [3.8, 4) is 0 Å². The molecule has 0 amide bonds. The molecule has 3 nitrogen and oxygen atoms in total. The second-order valence-electron chi connectivity index (χ2n) is 7.07. The SMILES string of the molecule is CC(=O)c1c(C)nc(C)c(Br)c1N1CCC2(CCCC2)CC1. The molecule has 1 aromatic rings. The number of rotatable bonds is 2. The second-order valence-corrected chi connectivity index (χ2v) is 7.86. The van der Waals surface area contributed by atoms with Crippen LogP contribution in [0, 0.1) is 19.3 Å². The third-order valence-corrected chi connectivity index (χ3v) is 6.57. The molecule has 0 unspecified atom stereocenters. The number of aromatic nitrogens is 1. The molecule has 0 bridgehead atoms. The van der Waals surface area contributed by atoms with Crippen molar-refractivity contribution in [2.75, 3.05) is 18.0 Å². The van der Waals surface area contributed by atoms with E-state index in [1.807, 2.05) is 13.8 Å². The number of Topliss-reactive ketones (excluding diaryl/α,β-unsaturated/α-hetero) is 1. The molecule has 1 aliphatic carbocycles. The normalized spacial score (nSPS) is 20.6. The number of halogens is 1. The molecule has 1 spiro atoms. The molecule has 2 fully saturated rings. The third kappa shape index (κ3) is 2.70. The molecular weight excluding hydrogens is 340 g/mol. The van der Waals surface area contributed by atoms with Crippen LogP contribution in [-0.2, 0) is 0 Å². The van der Waals surface area contributed by atoms with Gasteiger partial charge < -0.3 is 4.90 Å². The van der Waals surface area contributed by atoms with Crippen LogP contribution in [-0.4, -0.2) is 23.9 Å². The molecule has 4 heteroatoms. The smallest absolute Gasteiger partial charge is 0.163 e. The number of carbonyl (C=O) groups is 1. The lowest BCUT2D eigenvalue weighted by atomic mass is 9.77. The van der Waals surface area contributed by atoms with Gasteiger partial charge in [-0.15, -0.1) is 0 Å². The number of carbonyl (C=O) groups excluding carboxylic acids is 1. The van der Waals surface area contributed by atoms with Gasteiger partial charge in [-0.25, -0.2) is 0 Å². The van der Waals surface area contributed by atoms with E-state index < -0.39 is 0 Å². The Bertz CT molecular complexity index is 596. The molecule has 120 valence electrons. The van der Waals surface area contributed by atoms with Gasteiger partial charge in [-0.3, -0.25) is 9.78 Å². The molecule has 0 aromatic carbocycles. The Kier molecular flexibility index (Phi) is 4.32. The summed E-state index contributed by atoms with van der Waals surface area (Å²) in [5, 5.41) is 0. The Morgan fingerprint density at radius 2 is 1.68 bits per heavy atom. The van der Waals surface area contributed by atoms with E-state index in [0.717, 1.165) is 40.2 Å². The van der Waals surface area contributed by atoms with Crippen LogP contribution in [0.1, 0.15) is 67.2 Å². The summed E-state index contributed by atoms with van der Waals surface area (Å²) in [7, 11) is 0. The predicted molar refractivity (Wildman–Crippen MR) is 93.8 cm³/mol. The lowest BCUT2D eigenvalue weighted by Gasteiger charge is -2.41. The first-order chi connectivity index (χ1) is 10.4. The van der Waals surface area contributed by atoms with Gasteiger partial charge in [0.25, 0.3) is 0 Å². The van der Waals surface area contributed by atoms with Crippen LogP contribution in [0.3, 0.4) is 0 Å². The molecule has 1 saturated carbocycles. The second kappa shape index (κ2) is 5.95. The first-order valence-electron chi connectivity index (χ1n) is 8.36. The Hall–Kier alpha value is -0.900. The minimum absolute atomic E-state index is 0.113. The maximum atomic E-state index is 12.2. The molecule has 0 atom stereocenters. The number of hydrogen-bond acceptors (Lipinski definition) is 3. The largest absolute Gasteiger partial charge is 0.370 e. The van der Waals surface area contributed by atoms with Crippen LogP contribution in [0.15, 0.2) is 4.47 Å². The lowest BCUT2D eigenvalue weighted by Crippen LogP contribution is -2.40. The summed E-state index contributed by atoms with van der Waals surface area (Å²) in [6.07, 6.45) is 8.12. The van der Waals surface area contributed by atoms with Crippen molar-refractivity contribution in [1.29, 1.82) is 0 Å². The van der Waals surface area contributed by atoms with Crippen molar-refractivity contribution in [1.82, 2.24) is 4.98 Å².